The first-order valence-electron chi connectivity index (χ1n) is 2.06. The van der Waals surface area contributed by atoms with E-state index in [4.69, 9.17) is 10.2 Å². The van der Waals surface area contributed by atoms with Crippen LogP contribution in [-0.2, 0) is 0 Å². The average Bonchev–Trinajstić information content (AvgIpc) is 1.61. The first-order valence-corrected chi connectivity index (χ1v) is 2.88. The summed E-state index contributed by atoms with van der Waals surface area (Å²) in [6, 6.07) is 0. The second-order valence-corrected chi connectivity index (χ2v) is 2.23. The van der Waals surface area contributed by atoms with E-state index >= 15 is 0 Å². The molecule has 0 atom stereocenters. The van der Waals surface area contributed by atoms with E-state index in [-0.39, 0.29) is 52.5 Å². The Labute approximate surface area is 86.6 Å². The van der Waals surface area contributed by atoms with Gasteiger partial charge in [-0.2, -0.15) is 0 Å². The topological polar surface area (TPSA) is 40.5 Å². The molecule has 0 amide bonds. The Kier molecular flexibility index (Phi) is 9.54. The number of hydrogen-bond acceptors (Lipinski definition) is 2. The van der Waals surface area contributed by atoms with Crippen molar-refractivity contribution in [2.24, 2.45) is 0 Å². The molecule has 9 heavy (non-hydrogen) atoms. The molecule has 0 heterocycles. The fourth-order valence-corrected chi connectivity index (χ4v) is 0.418. The van der Waals surface area contributed by atoms with Gasteiger partial charge in [0.05, 0.1) is 0 Å². The van der Waals surface area contributed by atoms with Crippen LogP contribution in [0.4, 0.5) is 0 Å². The van der Waals surface area contributed by atoms with Gasteiger partial charge in [-0.15, -0.1) is 0 Å². The van der Waals surface area contributed by atoms with Gasteiger partial charge in [0.2, 0.25) is 0 Å². The zero-order chi connectivity index (χ0) is 6.57. The van der Waals surface area contributed by atoms with Gasteiger partial charge in [0, 0.05) is 12.8 Å². The van der Waals surface area contributed by atoms with Crippen molar-refractivity contribution in [2.75, 3.05) is 0 Å². The minimum absolute atomic E-state index is 0. The van der Waals surface area contributed by atoms with Gasteiger partial charge >= 0.3 is 29.6 Å². The molecule has 0 aromatic rings. The molecule has 0 aromatic carbocycles. The maximum absolute atomic E-state index is 8.36. The summed E-state index contributed by atoms with van der Waals surface area (Å²) in [4.78, 5) is 0. The molecule has 0 radical (unpaired) electrons. The van der Waals surface area contributed by atoms with Crippen molar-refractivity contribution in [1.82, 2.24) is 0 Å². The zero-order valence-corrected chi connectivity index (χ0v) is 5.76. The van der Waals surface area contributed by atoms with Gasteiger partial charge in [0.25, 0.3) is 0 Å². The molecule has 0 fully saturated rings. The van der Waals surface area contributed by atoms with E-state index in [1.807, 2.05) is 0 Å². The van der Waals surface area contributed by atoms with Crippen molar-refractivity contribution in [3.05, 3.63) is 0 Å². The molecule has 0 aliphatic rings. The van der Waals surface area contributed by atoms with Crippen molar-refractivity contribution < 1.29 is 10.2 Å². The van der Waals surface area contributed by atoms with Crippen molar-refractivity contribution in [1.29, 1.82) is 0 Å². The first kappa shape index (κ1) is 12.5. The molecule has 0 saturated heterocycles. The van der Waals surface area contributed by atoms with Gasteiger partial charge in [-0.1, -0.05) is 0 Å². The monoisotopic (exact) mass is 174 g/mol. The summed E-state index contributed by atoms with van der Waals surface area (Å²) < 4.78 is 0. The Hall–Kier alpha value is 0.780. The summed E-state index contributed by atoms with van der Waals surface area (Å²) in [6.45, 7) is 0. The predicted octanol–water partition coefficient (Wildman–Crippen LogP) is 0.889. The quantitative estimate of drug-likeness (QED) is 0.492. The molecule has 0 aliphatic heterocycles. The van der Waals surface area contributed by atoms with Crippen LogP contribution in [0.2, 0.25) is 0 Å². The molecular weight excluding hydrogens is 167 g/mol. The number of thiocarbonyl (C=S) groups is 2. The average molecular weight is 174 g/mol. The van der Waals surface area contributed by atoms with Crippen molar-refractivity contribution in [2.45, 2.75) is 12.8 Å². The Balaban J connectivity index is 0. The summed E-state index contributed by atoms with van der Waals surface area (Å²) in [5.74, 6) is 0. The van der Waals surface area contributed by atoms with E-state index in [0.29, 0.717) is 0 Å². The minimum atomic E-state index is -0.110. The third-order valence-electron chi connectivity index (χ3n) is 0.553. The molecule has 5 heteroatoms. The number of aliphatic hydroxyl groups is 2. The van der Waals surface area contributed by atoms with Gasteiger partial charge in [0.15, 0.2) is 10.1 Å². The molecule has 0 aromatic heterocycles. The van der Waals surface area contributed by atoms with Crippen LogP contribution in [0.3, 0.4) is 0 Å². The normalized spacial score (nSPS) is 7.56. The molecule has 0 rings (SSSR count). The van der Waals surface area contributed by atoms with Crippen molar-refractivity contribution in [3.8, 4) is 0 Å². The molecule has 0 saturated carbocycles. The molecule has 2 N–H and O–H groups in total. The second kappa shape index (κ2) is 6.89. The van der Waals surface area contributed by atoms with Crippen molar-refractivity contribution >= 4 is 64.1 Å². The van der Waals surface area contributed by atoms with E-state index < -0.39 is 0 Å². The van der Waals surface area contributed by atoms with E-state index in [1.165, 1.54) is 0 Å². The Morgan fingerprint density at radius 1 is 1.00 bits per heavy atom. The van der Waals surface area contributed by atoms with Crippen LogP contribution in [-0.4, -0.2) is 49.9 Å². The number of hydrogen-bond donors (Lipinski definition) is 2. The van der Waals surface area contributed by atoms with Gasteiger partial charge in [0.1, 0.15) is 0 Å². The Morgan fingerprint density at radius 3 is 1.33 bits per heavy atom. The van der Waals surface area contributed by atoms with Crippen LogP contribution in [0, 0.1) is 0 Å². The second-order valence-electron chi connectivity index (χ2n) is 1.29. The molecule has 0 aliphatic carbocycles. The number of rotatable bonds is 3. The van der Waals surface area contributed by atoms with E-state index in [0.717, 1.165) is 0 Å². The zero-order valence-electron chi connectivity index (χ0n) is 4.13. The van der Waals surface area contributed by atoms with E-state index in [1.54, 1.807) is 0 Å². The molecule has 2 nitrogen and oxygen atoms in total. The van der Waals surface area contributed by atoms with Crippen LogP contribution in [0.25, 0.3) is 0 Å². The Bertz CT molecular complexity index is 101. The van der Waals surface area contributed by atoms with Crippen LogP contribution in [0.15, 0.2) is 0 Å². The van der Waals surface area contributed by atoms with E-state index in [9.17, 15) is 0 Å². The maximum atomic E-state index is 8.36. The summed E-state index contributed by atoms with van der Waals surface area (Å²) in [5, 5.41) is 16.5. The van der Waals surface area contributed by atoms with Gasteiger partial charge < -0.3 is 10.2 Å². The summed E-state index contributed by atoms with van der Waals surface area (Å²) in [5.41, 5.74) is 0. The van der Waals surface area contributed by atoms with Crippen molar-refractivity contribution in [3.63, 3.8) is 0 Å². The third-order valence-corrected chi connectivity index (χ3v) is 0.961. The Morgan fingerprint density at radius 2 is 1.22 bits per heavy atom. The standard InChI is InChI=1S/C4H6O2S2.Na.H/c5-3(7)1-2-4(6)8;;/h1-2H2,(H,5,7)(H,6,8);;. The number of aliphatic hydroxyl groups excluding tert-OH is 2. The molecule has 0 bridgehead atoms. The summed E-state index contributed by atoms with van der Waals surface area (Å²) >= 11 is 8.60. The summed E-state index contributed by atoms with van der Waals surface area (Å²) in [6.07, 6.45) is 0.565. The molecule has 48 valence electrons. The van der Waals surface area contributed by atoms with Crippen LogP contribution in [0.5, 0.6) is 0 Å². The first-order chi connectivity index (χ1) is 3.63. The fraction of sp³-hybridized carbons (Fsp3) is 0.500. The molecule has 0 spiro atoms. The molecular formula is C4H7NaO2S2. The predicted molar refractivity (Wildman–Crippen MR) is 46.8 cm³/mol. The third kappa shape index (κ3) is 12.1. The van der Waals surface area contributed by atoms with Gasteiger partial charge in [-0.05, 0) is 24.4 Å². The SMILES string of the molecule is OC(=S)CCC(O)=S.[NaH]. The van der Waals surface area contributed by atoms with Crippen LogP contribution < -0.4 is 0 Å². The van der Waals surface area contributed by atoms with E-state index in [2.05, 4.69) is 24.4 Å². The molecule has 0 unspecified atom stereocenters. The van der Waals surface area contributed by atoms with Gasteiger partial charge in [-0.25, -0.2) is 0 Å². The van der Waals surface area contributed by atoms with Gasteiger partial charge in [-0.3, -0.25) is 0 Å². The summed E-state index contributed by atoms with van der Waals surface area (Å²) in [7, 11) is 0. The van der Waals surface area contributed by atoms with Crippen LogP contribution in [0.1, 0.15) is 12.8 Å². The fourth-order valence-electron chi connectivity index (χ4n) is 0.214. The van der Waals surface area contributed by atoms with Crippen LogP contribution >= 0.6 is 24.4 Å².